The molecule has 0 saturated heterocycles. The van der Waals surface area contributed by atoms with Crippen LogP contribution >= 0.6 is 11.6 Å². The fourth-order valence-corrected chi connectivity index (χ4v) is 1.85. The first-order valence-corrected chi connectivity index (χ1v) is 6.57. The number of hydrogen-bond acceptors (Lipinski definition) is 3. The molecule has 106 valence electrons. The monoisotopic (exact) mass is 284 g/mol. The van der Waals surface area contributed by atoms with Gasteiger partial charge in [0.25, 0.3) is 5.91 Å². The van der Waals surface area contributed by atoms with E-state index < -0.39 is 0 Å². The highest BCUT2D eigenvalue weighted by Crippen LogP contribution is 2.26. The van der Waals surface area contributed by atoms with Crippen LogP contribution in [0.2, 0.25) is 5.02 Å². The lowest BCUT2D eigenvalue weighted by Gasteiger charge is -2.21. The van der Waals surface area contributed by atoms with E-state index in [0.717, 1.165) is 5.56 Å². The highest BCUT2D eigenvalue weighted by Gasteiger charge is 2.15. The molecule has 0 aliphatic heterocycles. The zero-order valence-electron chi connectivity index (χ0n) is 11.8. The fourth-order valence-electron chi connectivity index (χ4n) is 1.62. The first-order chi connectivity index (χ1) is 8.83. The Morgan fingerprint density at radius 2 is 2.05 bits per heavy atom. The lowest BCUT2D eigenvalue weighted by atomic mass is 10.1. The van der Waals surface area contributed by atoms with E-state index in [2.05, 4.69) is 10.6 Å². The summed E-state index contributed by atoms with van der Waals surface area (Å²) in [6.45, 7) is 6.36. The molecule has 0 radical (unpaired) electrons. The van der Waals surface area contributed by atoms with Gasteiger partial charge in [-0.25, -0.2) is 0 Å². The summed E-state index contributed by atoms with van der Waals surface area (Å²) in [5.41, 5.74) is 0.595. The lowest BCUT2D eigenvalue weighted by Crippen LogP contribution is -2.43. The van der Waals surface area contributed by atoms with Crippen LogP contribution in [0.4, 0.5) is 0 Å². The van der Waals surface area contributed by atoms with Gasteiger partial charge in [0.1, 0.15) is 5.75 Å². The fraction of sp³-hybridized carbons (Fsp3) is 0.500. The summed E-state index contributed by atoms with van der Waals surface area (Å²) < 4.78 is 5.54. The van der Waals surface area contributed by atoms with Crippen LogP contribution in [0.5, 0.6) is 5.75 Å². The van der Waals surface area contributed by atoms with Gasteiger partial charge in [0.2, 0.25) is 0 Å². The van der Waals surface area contributed by atoms with Crippen LogP contribution in [-0.2, 0) is 11.3 Å². The van der Waals surface area contributed by atoms with Crippen LogP contribution in [-0.4, -0.2) is 25.1 Å². The smallest absolute Gasteiger partial charge is 0.258 e. The minimum Gasteiger partial charge on any atom is -0.483 e. The second-order valence-electron chi connectivity index (χ2n) is 5.33. The van der Waals surface area contributed by atoms with Crippen molar-refractivity contribution in [1.29, 1.82) is 0 Å². The average Bonchev–Trinajstić information content (AvgIpc) is 2.28. The van der Waals surface area contributed by atoms with Crippen LogP contribution in [0, 0.1) is 0 Å². The summed E-state index contributed by atoms with van der Waals surface area (Å²) in [5.74, 6) is 0.480. The third kappa shape index (κ3) is 5.49. The Bertz CT molecular complexity index is 442. The van der Waals surface area contributed by atoms with E-state index in [1.807, 2.05) is 33.9 Å². The van der Waals surface area contributed by atoms with Gasteiger partial charge in [-0.2, -0.15) is 0 Å². The second-order valence-corrected chi connectivity index (χ2v) is 5.74. The maximum Gasteiger partial charge on any atom is 0.258 e. The number of ether oxygens (including phenoxy) is 1. The summed E-state index contributed by atoms with van der Waals surface area (Å²) in [5, 5.41) is 6.50. The first-order valence-electron chi connectivity index (χ1n) is 6.19. The van der Waals surface area contributed by atoms with Crippen molar-refractivity contribution in [2.24, 2.45) is 0 Å². The van der Waals surface area contributed by atoms with E-state index in [4.69, 9.17) is 16.3 Å². The highest BCUT2D eigenvalue weighted by atomic mass is 35.5. The lowest BCUT2D eigenvalue weighted by molar-refractivity contribution is -0.124. The minimum atomic E-state index is -0.261. The number of benzene rings is 1. The van der Waals surface area contributed by atoms with Gasteiger partial charge in [0.15, 0.2) is 6.61 Å². The standard InChI is InChI=1S/C14H21ClN2O2/c1-14(2,3)17-13(18)9-19-12-7-5-6-11(15)10(12)8-16-4/h5-7,16H,8-9H2,1-4H3,(H,17,18). The van der Waals surface area contributed by atoms with Crippen molar-refractivity contribution in [2.45, 2.75) is 32.9 Å². The van der Waals surface area contributed by atoms with Crippen molar-refractivity contribution in [3.8, 4) is 5.75 Å². The normalized spacial score (nSPS) is 11.2. The van der Waals surface area contributed by atoms with Crippen molar-refractivity contribution < 1.29 is 9.53 Å². The molecule has 0 aromatic heterocycles. The van der Waals surface area contributed by atoms with Gasteiger partial charge in [-0.05, 0) is 40.0 Å². The van der Waals surface area contributed by atoms with Crippen LogP contribution in [0.1, 0.15) is 26.3 Å². The van der Waals surface area contributed by atoms with E-state index >= 15 is 0 Å². The molecule has 0 fully saturated rings. The van der Waals surface area contributed by atoms with Gasteiger partial charge >= 0.3 is 0 Å². The third-order valence-electron chi connectivity index (χ3n) is 2.30. The number of halogens is 1. The molecule has 4 nitrogen and oxygen atoms in total. The molecule has 0 atom stereocenters. The highest BCUT2D eigenvalue weighted by molar-refractivity contribution is 6.31. The predicted molar refractivity (Wildman–Crippen MR) is 77.6 cm³/mol. The molecule has 2 N–H and O–H groups in total. The Labute approximate surface area is 119 Å². The largest absolute Gasteiger partial charge is 0.483 e. The predicted octanol–water partition coefficient (Wildman–Crippen LogP) is 2.35. The summed E-state index contributed by atoms with van der Waals surface area (Å²) in [6, 6.07) is 5.41. The zero-order valence-corrected chi connectivity index (χ0v) is 12.6. The minimum absolute atomic E-state index is 0.0195. The maximum absolute atomic E-state index is 11.7. The SMILES string of the molecule is CNCc1c(Cl)cccc1OCC(=O)NC(C)(C)C. The number of carbonyl (C=O) groups excluding carboxylic acids is 1. The van der Waals surface area contributed by atoms with Crippen LogP contribution in [0.3, 0.4) is 0 Å². The van der Waals surface area contributed by atoms with Crippen LogP contribution in [0.25, 0.3) is 0 Å². The molecule has 1 amide bonds. The topological polar surface area (TPSA) is 50.4 Å². The molecule has 0 saturated carbocycles. The van der Waals surface area contributed by atoms with Gasteiger partial charge in [-0.15, -0.1) is 0 Å². The van der Waals surface area contributed by atoms with Crippen molar-refractivity contribution in [3.63, 3.8) is 0 Å². The van der Waals surface area contributed by atoms with Gasteiger partial charge in [-0.3, -0.25) is 4.79 Å². The molecular formula is C14H21ClN2O2. The molecule has 0 bridgehead atoms. The molecule has 19 heavy (non-hydrogen) atoms. The van der Waals surface area contributed by atoms with E-state index in [0.29, 0.717) is 17.3 Å². The first kappa shape index (κ1) is 15.8. The van der Waals surface area contributed by atoms with Crippen molar-refractivity contribution >= 4 is 17.5 Å². The molecule has 5 heteroatoms. The van der Waals surface area contributed by atoms with Gasteiger partial charge in [0, 0.05) is 22.7 Å². The Hall–Kier alpha value is -1.26. The van der Waals surface area contributed by atoms with Gasteiger partial charge < -0.3 is 15.4 Å². The number of carbonyl (C=O) groups is 1. The molecule has 0 aliphatic carbocycles. The second kappa shape index (κ2) is 6.78. The summed E-state index contributed by atoms with van der Waals surface area (Å²) in [4.78, 5) is 11.7. The molecule has 1 rings (SSSR count). The Morgan fingerprint density at radius 1 is 1.37 bits per heavy atom. The molecular weight excluding hydrogens is 264 g/mol. The van der Waals surface area contributed by atoms with Gasteiger partial charge in [-0.1, -0.05) is 17.7 Å². The quantitative estimate of drug-likeness (QED) is 0.873. The van der Waals surface area contributed by atoms with E-state index in [9.17, 15) is 4.79 Å². The molecule has 0 heterocycles. The van der Waals surface area contributed by atoms with Crippen molar-refractivity contribution in [1.82, 2.24) is 10.6 Å². The number of amides is 1. The summed E-state index contributed by atoms with van der Waals surface area (Å²) in [6.07, 6.45) is 0. The molecule has 1 aromatic carbocycles. The number of nitrogens with one attached hydrogen (secondary N) is 2. The van der Waals surface area contributed by atoms with Crippen LogP contribution < -0.4 is 15.4 Å². The maximum atomic E-state index is 11.7. The van der Waals surface area contributed by atoms with E-state index in [1.165, 1.54) is 0 Å². The molecule has 0 unspecified atom stereocenters. The van der Waals surface area contributed by atoms with Gasteiger partial charge in [0.05, 0.1) is 0 Å². The Balaban J connectivity index is 2.67. The van der Waals surface area contributed by atoms with Crippen LogP contribution in [0.15, 0.2) is 18.2 Å². The molecule has 1 aromatic rings. The number of hydrogen-bond donors (Lipinski definition) is 2. The Morgan fingerprint density at radius 3 is 2.63 bits per heavy atom. The van der Waals surface area contributed by atoms with Crippen molar-refractivity contribution in [3.05, 3.63) is 28.8 Å². The summed E-state index contributed by atoms with van der Waals surface area (Å²) in [7, 11) is 1.83. The average molecular weight is 285 g/mol. The number of rotatable bonds is 5. The molecule has 0 spiro atoms. The third-order valence-corrected chi connectivity index (χ3v) is 2.66. The zero-order chi connectivity index (χ0) is 14.5. The van der Waals surface area contributed by atoms with E-state index in [1.54, 1.807) is 12.1 Å². The summed E-state index contributed by atoms with van der Waals surface area (Å²) >= 11 is 6.11. The Kier molecular flexibility index (Phi) is 5.63. The van der Waals surface area contributed by atoms with E-state index in [-0.39, 0.29) is 18.1 Å². The van der Waals surface area contributed by atoms with Crippen molar-refractivity contribution in [2.75, 3.05) is 13.7 Å². The molecule has 0 aliphatic rings.